The van der Waals surface area contributed by atoms with Gasteiger partial charge in [0.2, 0.25) is 5.91 Å². The normalized spacial score (nSPS) is 16.0. The molecule has 0 bridgehead atoms. The Morgan fingerprint density at radius 3 is 2.74 bits per heavy atom. The predicted molar refractivity (Wildman–Crippen MR) is 93.3 cm³/mol. The summed E-state index contributed by atoms with van der Waals surface area (Å²) in [6, 6.07) is 6.19. The standard InChI is InChI=1S/C18H23N3OS/c22-17(20-14-7-3-1-2-4-8-14)10-11-18-21-16(13-23-18)15-9-5-6-12-19-15/h5-6,9,12-14H,1-4,7-8,10-11H2,(H,20,22). The molecule has 0 aromatic carbocycles. The number of aromatic nitrogens is 2. The van der Waals surface area contributed by atoms with Crippen LogP contribution in [0.25, 0.3) is 11.4 Å². The van der Waals surface area contributed by atoms with Crippen molar-refractivity contribution in [3.8, 4) is 11.4 Å². The summed E-state index contributed by atoms with van der Waals surface area (Å²) in [5, 5.41) is 6.21. The van der Waals surface area contributed by atoms with E-state index in [9.17, 15) is 4.79 Å². The lowest BCUT2D eigenvalue weighted by Gasteiger charge is -2.15. The molecule has 4 nitrogen and oxygen atoms in total. The second-order valence-electron chi connectivity index (χ2n) is 6.10. The summed E-state index contributed by atoms with van der Waals surface area (Å²) < 4.78 is 0. The van der Waals surface area contributed by atoms with E-state index in [1.165, 1.54) is 25.7 Å². The lowest BCUT2D eigenvalue weighted by molar-refractivity contribution is -0.121. The molecule has 1 saturated carbocycles. The largest absolute Gasteiger partial charge is 0.353 e. The first-order valence-corrected chi connectivity index (χ1v) is 9.34. The summed E-state index contributed by atoms with van der Waals surface area (Å²) in [4.78, 5) is 21.0. The minimum atomic E-state index is 0.159. The van der Waals surface area contributed by atoms with E-state index in [1.54, 1.807) is 17.5 Å². The molecule has 1 aliphatic rings. The van der Waals surface area contributed by atoms with E-state index in [1.807, 2.05) is 23.6 Å². The number of aryl methyl sites for hydroxylation is 1. The lowest BCUT2D eigenvalue weighted by atomic mass is 10.1. The molecule has 122 valence electrons. The molecule has 5 heteroatoms. The van der Waals surface area contributed by atoms with E-state index < -0.39 is 0 Å². The minimum absolute atomic E-state index is 0.159. The topological polar surface area (TPSA) is 54.9 Å². The summed E-state index contributed by atoms with van der Waals surface area (Å²) in [5.41, 5.74) is 1.78. The number of nitrogens with zero attached hydrogens (tertiary/aromatic N) is 2. The predicted octanol–water partition coefficient (Wildman–Crippen LogP) is 3.98. The van der Waals surface area contributed by atoms with Crippen molar-refractivity contribution in [2.75, 3.05) is 0 Å². The van der Waals surface area contributed by atoms with Crippen LogP contribution < -0.4 is 5.32 Å². The van der Waals surface area contributed by atoms with Gasteiger partial charge in [0.1, 0.15) is 0 Å². The summed E-state index contributed by atoms with van der Waals surface area (Å²) in [5.74, 6) is 0.159. The number of carbonyl (C=O) groups excluding carboxylic acids is 1. The molecule has 0 spiro atoms. The second kappa shape index (κ2) is 8.20. The molecule has 1 N–H and O–H groups in total. The highest BCUT2D eigenvalue weighted by atomic mass is 32.1. The number of rotatable bonds is 5. The van der Waals surface area contributed by atoms with Crippen LogP contribution in [-0.4, -0.2) is 21.9 Å². The molecule has 1 amide bonds. The van der Waals surface area contributed by atoms with Crippen molar-refractivity contribution >= 4 is 17.2 Å². The van der Waals surface area contributed by atoms with Crippen LogP contribution in [0.15, 0.2) is 29.8 Å². The van der Waals surface area contributed by atoms with Crippen LogP contribution in [0.3, 0.4) is 0 Å². The summed E-state index contributed by atoms with van der Waals surface area (Å²) in [6.07, 6.45) is 10.4. The molecule has 1 fully saturated rings. The molecule has 1 aliphatic carbocycles. The van der Waals surface area contributed by atoms with Crippen LogP contribution in [0, 0.1) is 0 Å². The first-order valence-electron chi connectivity index (χ1n) is 8.46. The third-order valence-corrected chi connectivity index (χ3v) is 5.17. The van der Waals surface area contributed by atoms with Gasteiger partial charge >= 0.3 is 0 Å². The molecule has 0 saturated heterocycles. The van der Waals surface area contributed by atoms with Gasteiger partial charge in [-0.3, -0.25) is 9.78 Å². The van der Waals surface area contributed by atoms with E-state index in [0.717, 1.165) is 29.2 Å². The highest BCUT2D eigenvalue weighted by Gasteiger charge is 2.15. The van der Waals surface area contributed by atoms with Crippen molar-refractivity contribution in [2.45, 2.75) is 57.4 Å². The Morgan fingerprint density at radius 2 is 2.00 bits per heavy atom. The van der Waals surface area contributed by atoms with Crippen molar-refractivity contribution < 1.29 is 4.79 Å². The third-order valence-electron chi connectivity index (χ3n) is 4.27. The number of thiazole rings is 1. The summed E-state index contributed by atoms with van der Waals surface area (Å²) in [6.45, 7) is 0. The fraction of sp³-hybridized carbons (Fsp3) is 0.500. The highest BCUT2D eigenvalue weighted by Crippen LogP contribution is 2.21. The Hall–Kier alpha value is -1.75. The lowest BCUT2D eigenvalue weighted by Crippen LogP contribution is -2.34. The van der Waals surface area contributed by atoms with Gasteiger partial charge in [0.15, 0.2) is 0 Å². The van der Waals surface area contributed by atoms with Gasteiger partial charge in [0.25, 0.3) is 0 Å². The maximum Gasteiger partial charge on any atom is 0.220 e. The van der Waals surface area contributed by atoms with Crippen LogP contribution in [0.1, 0.15) is 50.0 Å². The number of pyridine rings is 1. The Bertz CT molecular complexity index is 618. The van der Waals surface area contributed by atoms with Gasteiger partial charge in [-0.15, -0.1) is 11.3 Å². The summed E-state index contributed by atoms with van der Waals surface area (Å²) in [7, 11) is 0. The van der Waals surface area contributed by atoms with Gasteiger partial charge in [0, 0.05) is 30.5 Å². The van der Waals surface area contributed by atoms with Crippen LogP contribution in [0.4, 0.5) is 0 Å². The first-order chi connectivity index (χ1) is 11.3. The van der Waals surface area contributed by atoms with Gasteiger partial charge in [-0.25, -0.2) is 4.98 Å². The van der Waals surface area contributed by atoms with Crippen molar-refractivity contribution in [1.82, 2.24) is 15.3 Å². The molecule has 2 aromatic rings. The van der Waals surface area contributed by atoms with E-state index in [2.05, 4.69) is 15.3 Å². The molecule has 3 rings (SSSR count). The second-order valence-corrected chi connectivity index (χ2v) is 7.04. The molecular formula is C18H23N3OS. The number of amides is 1. The first kappa shape index (κ1) is 16.1. The van der Waals surface area contributed by atoms with Gasteiger partial charge in [0.05, 0.1) is 16.4 Å². The Balaban J connectivity index is 1.48. The molecule has 2 heterocycles. The summed E-state index contributed by atoms with van der Waals surface area (Å²) >= 11 is 1.60. The number of hydrogen-bond acceptors (Lipinski definition) is 4. The molecular weight excluding hydrogens is 306 g/mol. The number of hydrogen-bond donors (Lipinski definition) is 1. The fourth-order valence-electron chi connectivity index (χ4n) is 3.00. The Labute approximate surface area is 141 Å². The minimum Gasteiger partial charge on any atom is -0.353 e. The van der Waals surface area contributed by atoms with Crippen molar-refractivity contribution in [2.24, 2.45) is 0 Å². The van der Waals surface area contributed by atoms with Crippen LogP contribution in [-0.2, 0) is 11.2 Å². The zero-order chi connectivity index (χ0) is 15.9. The number of carbonyl (C=O) groups is 1. The quantitative estimate of drug-likeness (QED) is 0.844. The van der Waals surface area contributed by atoms with Crippen molar-refractivity contribution in [1.29, 1.82) is 0 Å². The SMILES string of the molecule is O=C(CCc1nc(-c2ccccn2)cs1)NC1CCCCCC1. The third kappa shape index (κ3) is 4.86. The van der Waals surface area contributed by atoms with E-state index in [4.69, 9.17) is 0 Å². The molecule has 0 atom stereocenters. The molecule has 0 radical (unpaired) electrons. The average molecular weight is 329 g/mol. The Morgan fingerprint density at radius 1 is 1.17 bits per heavy atom. The fourth-order valence-corrected chi connectivity index (χ4v) is 3.79. The van der Waals surface area contributed by atoms with Gasteiger partial charge in [-0.2, -0.15) is 0 Å². The monoisotopic (exact) mass is 329 g/mol. The molecule has 23 heavy (non-hydrogen) atoms. The van der Waals surface area contributed by atoms with Crippen LogP contribution >= 0.6 is 11.3 Å². The van der Waals surface area contributed by atoms with E-state index >= 15 is 0 Å². The van der Waals surface area contributed by atoms with Crippen molar-refractivity contribution in [3.05, 3.63) is 34.8 Å². The Kier molecular flexibility index (Phi) is 5.75. The van der Waals surface area contributed by atoms with E-state index in [0.29, 0.717) is 18.9 Å². The van der Waals surface area contributed by atoms with Gasteiger partial charge in [-0.05, 0) is 25.0 Å². The zero-order valence-electron chi connectivity index (χ0n) is 13.3. The van der Waals surface area contributed by atoms with E-state index in [-0.39, 0.29) is 5.91 Å². The van der Waals surface area contributed by atoms with Gasteiger partial charge < -0.3 is 5.32 Å². The van der Waals surface area contributed by atoms with Crippen molar-refractivity contribution in [3.63, 3.8) is 0 Å². The molecule has 0 unspecified atom stereocenters. The molecule has 0 aliphatic heterocycles. The van der Waals surface area contributed by atoms with Gasteiger partial charge in [-0.1, -0.05) is 31.7 Å². The van der Waals surface area contributed by atoms with Crippen LogP contribution in [0.5, 0.6) is 0 Å². The van der Waals surface area contributed by atoms with Crippen LogP contribution in [0.2, 0.25) is 0 Å². The number of nitrogens with one attached hydrogen (secondary N) is 1. The highest BCUT2D eigenvalue weighted by molar-refractivity contribution is 7.09. The molecule has 2 aromatic heterocycles. The average Bonchev–Trinajstić information content (AvgIpc) is 2.91. The maximum atomic E-state index is 12.1. The maximum absolute atomic E-state index is 12.1. The smallest absolute Gasteiger partial charge is 0.220 e. The zero-order valence-corrected chi connectivity index (χ0v) is 14.1.